The topological polar surface area (TPSA) is 69.2 Å². The van der Waals surface area contributed by atoms with Gasteiger partial charge in [0.15, 0.2) is 0 Å². The molecule has 1 amide bonds. The summed E-state index contributed by atoms with van der Waals surface area (Å²) in [5.41, 5.74) is 0. The number of aliphatic carboxylic acids is 1. The summed E-state index contributed by atoms with van der Waals surface area (Å²) >= 11 is 0. The zero-order chi connectivity index (χ0) is 16.8. The van der Waals surface area contributed by atoms with Crippen LogP contribution in [-0.2, 0) is 9.59 Å². The minimum Gasteiger partial charge on any atom is -0.548 e. The summed E-state index contributed by atoms with van der Waals surface area (Å²) in [6.07, 6.45) is 11.7. The van der Waals surface area contributed by atoms with Crippen molar-refractivity contribution in [3.05, 3.63) is 0 Å². The van der Waals surface area contributed by atoms with Crippen LogP contribution in [0.25, 0.3) is 0 Å². The third-order valence-corrected chi connectivity index (χ3v) is 3.83. The number of carbonyl (C=O) groups is 2. The molecule has 0 aromatic rings. The van der Waals surface area contributed by atoms with E-state index in [9.17, 15) is 14.7 Å². The fourth-order valence-corrected chi connectivity index (χ4v) is 2.55. The summed E-state index contributed by atoms with van der Waals surface area (Å²) in [4.78, 5) is 22.7. The van der Waals surface area contributed by atoms with Crippen LogP contribution in [0.15, 0.2) is 0 Å². The number of hydrogen-bond acceptors (Lipinski definition) is 3. The molecule has 0 rings (SSSR count). The Morgan fingerprint density at radius 2 is 1.39 bits per heavy atom. The predicted molar refractivity (Wildman–Crippen MR) is 88.2 cm³/mol. The molecule has 0 spiro atoms. The van der Waals surface area contributed by atoms with E-state index < -0.39 is 12.0 Å². The molecule has 0 saturated heterocycles. The smallest absolute Gasteiger partial charge is 0.548 e. The Morgan fingerprint density at radius 3 is 1.83 bits per heavy atom. The number of amides is 1. The average molecular weight is 335 g/mol. The third kappa shape index (κ3) is 16.6. The molecule has 4 nitrogen and oxygen atoms in total. The van der Waals surface area contributed by atoms with Crippen LogP contribution in [0, 0.1) is 5.92 Å². The summed E-state index contributed by atoms with van der Waals surface area (Å²) in [5.74, 6) is -1.14. The molecule has 0 radical (unpaired) electrons. The zero-order valence-corrected chi connectivity index (χ0v) is 17.7. The first kappa shape index (κ1) is 25.2. The summed E-state index contributed by atoms with van der Waals surface area (Å²) in [7, 11) is 0. The monoisotopic (exact) mass is 335 g/mol. The minimum atomic E-state index is -1.19. The molecule has 0 unspecified atom stereocenters. The molecular formula is C18H34NNaO3. The second-order valence-electron chi connectivity index (χ2n) is 6.65. The van der Waals surface area contributed by atoms with Gasteiger partial charge in [0, 0.05) is 6.42 Å². The van der Waals surface area contributed by atoms with Gasteiger partial charge in [0.05, 0.1) is 12.0 Å². The number of nitrogens with one attached hydrogen (secondary N) is 1. The molecule has 23 heavy (non-hydrogen) atoms. The third-order valence-electron chi connectivity index (χ3n) is 3.83. The number of unbranched alkanes of at least 4 members (excludes halogenated alkanes) is 8. The first-order valence-corrected chi connectivity index (χ1v) is 8.97. The maximum Gasteiger partial charge on any atom is 1.00 e. The molecule has 1 atom stereocenters. The quantitative estimate of drug-likeness (QED) is 0.364. The second-order valence-corrected chi connectivity index (χ2v) is 6.65. The molecule has 0 saturated carbocycles. The molecule has 1 N–H and O–H groups in total. The fraction of sp³-hybridized carbons (Fsp3) is 0.889. The van der Waals surface area contributed by atoms with Crippen molar-refractivity contribution >= 4 is 11.9 Å². The Balaban J connectivity index is 0. The molecule has 0 aliphatic rings. The van der Waals surface area contributed by atoms with Crippen LogP contribution in [0.1, 0.15) is 91.4 Å². The summed E-state index contributed by atoms with van der Waals surface area (Å²) in [5, 5.41) is 13.5. The van der Waals surface area contributed by atoms with Gasteiger partial charge in [-0.25, -0.2) is 0 Å². The number of hydrogen-bond donors (Lipinski definition) is 1. The number of carboxylic acid groups (broad SMARTS) is 1. The molecule has 0 aromatic heterocycles. The van der Waals surface area contributed by atoms with Crippen molar-refractivity contribution in [3.8, 4) is 0 Å². The Labute approximate surface area is 164 Å². The Kier molecular flexibility index (Phi) is 18.4. The van der Waals surface area contributed by atoms with E-state index in [2.05, 4.69) is 12.2 Å². The van der Waals surface area contributed by atoms with Gasteiger partial charge in [-0.1, -0.05) is 72.1 Å². The first-order chi connectivity index (χ1) is 10.5. The van der Waals surface area contributed by atoms with E-state index in [4.69, 9.17) is 0 Å². The van der Waals surface area contributed by atoms with Gasteiger partial charge in [0.2, 0.25) is 5.91 Å². The Morgan fingerprint density at radius 1 is 0.913 bits per heavy atom. The van der Waals surface area contributed by atoms with E-state index >= 15 is 0 Å². The van der Waals surface area contributed by atoms with Gasteiger partial charge in [-0.2, -0.15) is 0 Å². The summed E-state index contributed by atoms with van der Waals surface area (Å²) in [6, 6.07) is -0.855. The van der Waals surface area contributed by atoms with E-state index in [1.807, 2.05) is 13.8 Å². The molecule has 130 valence electrons. The van der Waals surface area contributed by atoms with Gasteiger partial charge < -0.3 is 15.2 Å². The molecule has 0 aliphatic carbocycles. The largest absolute Gasteiger partial charge is 1.00 e. The van der Waals surface area contributed by atoms with Gasteiger partial charge in [0.1, 0.15) is 0 Å². The van der Waals surface area contributed by atoms with Gasteiger partial charge >= 0.3 is 29.6 Å². The normalized spacial score (nSPS) is 11.8. The SMILES string of the molecule is CCCCCCCCCCCC(=O)N[C@@H](CC(C)C)C(=O)[O-].[Na+]. The van der Waals surface area contributed by atoms with Crippen LogP contribution < -0.4 is 40.0 Å². The van der Waals surface area contributed by atoms with E-state index in [0.29, 0.717) is 12.8 Å². The van der Waals surface area contributed by atoms with Crippen molar-refractivity contribution < 1.29 is 44.3 Å². The van der Waals surface area contributed by atoms with Crippen molar-refractivity contribution in [3.63, 3.8) is 0 Å². The van der Waals surface area contributed by atoms with Gasteiger partial charge in [-0.05, 0) is 18.8 Å². The molecule has 5 heteroatoms. The fourth-order valence-electron chi connectivity index (χ4n) is 2.55. The zero-order valence-electron chi connectivity index (χ0n) is 15.7. The van der Waals surface area contributed by atoms with Crippen LogP contribution in [-0.4, -0.2) is 17.9 Å². The van der Waals surface area contributed by atoms with Crippen molar-refractivity contribution in [2.75, 3.05) is 0 Å². The second kappa shape index (κ2) is 16.8. The summed E-state index contributed by atoms with van der Waals surface area (Å²) < 4.78 is 0. The predicted octanol–water partition coefficient (Wildman–Crippen LogP) is 0.192. The minimum absolute atomic E-state index is 0. The maximum absolute atomic E-state index is 11.7. The van der Waals surface area contributed by atoms with Crippen LogP contribution in [0.5, 0.6) is 0 Å². The van der Waals surface area contributed by atoms with Crippen LogP contribution >= 0.6 is 0 Å². The maximum atomic E-state index is 11.7. The van der Waals surface area contributed by atoms with Gasteiger partial charge in [0.25, 0.3) is 0 Å². The number of rotatable bonds is 14. The number of carbonyl (C=O) groups excluding carboxylic acids is 2. The van der Waals surface area contributed by atoms with Crippen LogP contribution in [0.3, 0.4) is 0 Å². The van der Waals surface area contributed by atoms with E-state index in [0.717, 1.165) is 19.3 Å². The Hall–Kier alpha value is -0.0600. The molecule has 0 heterocycles. The van der Waals surface area contributed by atoms with Crippen molar-refractivity contribution in [2.45, 2.75) is 97.4 Å². The molecular weight excluding hydrogens is 301 g/mol. The first-order valence-electron chi connectivity index (χ1n) is 8.97. The van der Waals surface area contributed by atoms with Gasteiger partial charge in [-0.3, -0.25) is 4.79 Å². The molecule has 0 aromatic carbocycles. The molecule has 0 aliphatic heterocycles. The molecule has 0 fully saturated rings. The summed E-state index contributed by atoms with van der Waals surface area (Å²) in [6.45, 7) is 6.09. The Bertz CT molecular complexity index is 309. The average Bonchev–Trinajstić information content (AvgIpc) is 2.44. The number of carboxylic acids is 1. The van der Waals surface area contributed by atoms with Crippen molar-refractivity contribution in [2.24, 2.45) is 5.92 Å². The van der Waals surface area contributed by atoms with Crippen molar-refractivity contribution in [1.29, 1.82) is 0 Å². The van der Waals surface area contributed by atoms with Gasteiger partial charge in [-0.15, -0.1) is 0 Å². The van der Waals surface area contributed by atoms with Crippen LogP contribution in [0.4, 0.5) is 0 Å². The van der Waals surface area contributed by atoms with Crippen LogP contribution in [0.2, 0.25) is 0 Å². The van der Waals surface area contributed by atoms with Crippen molar-refractivity contribution in [1.82, 2.24) is 5.32 Å². The van der Waals surface area contributed by atoms with E-state index in [1.54, 1.807) is 0 Å². The van der Waals surface area contributed by atoms with E-state index in [1.165, 1.54) is 38.5 Å². The molecule has 0 bridgehead atoms. The standard InChI is InChI=1S/C18H35NO3.Na/c1-4-5-6-7-8-9-10-11-12-13-17(20)19-16(18(21)22)14-15(2)3;/h15-16H,4-14H2,1-3H3,(H,19,20)(H,21,22);/q;+1/p-1/t16-;/m0./s1. The van der Waals surface area contributed by atoms with E-state index in [-0.39, 0.29) is 41.4 Å².